The van der Waals surface area contributed by atoms with Crippen molar-refractivity contribution in [3.63, 3.8) is 0 Å². The Morgan fingerprint density at radius 2 is 2.32 bits per heavy atom. The first-order valence-electron chi connectivity index (χ1n) is 6.12. The number of piperazine rings is 1. The number of anilines is 1. The molecule has 2 rings (SSSR count). The highest BCUT2D eigenvalue weighted by molar-refractivity contribution is 5.87. The summed E-state index contributed by atoms with van der Waals surface area (Å²) in [7, 11) is 0. The average molecular weight is 264 g/mol. The fraction of sp³-hybridized carbons (Fsp3) is 0.500. The number of amides is 1. The summed E-state index contributed by atoms with van der Waals surface area (Å²) in [6.07, 6.45) is 1.29. The van der Waals surface area contributed by atoms with Gasteiger partial charge in [0.25, 0.3) is 0 Å². The van der Waals surface area contributed by atoms with Crippen LogP contribution in [0, 0.1) is 0 Å². The van der Waals surface area contributed by atoms with Crippen LogP contribution in [0.4, 0.5) is 5.95 Å². The minimum absolute atomic E-state index is 0.0787. The second kappa shape index (κ2) is 5.64. The molecular formula is C12H16N4O3. The van der Waals surface area contributed by atoms with Crippen LogP contribution < -0.4 is 10.2 Å². The van der Waals surface area contributed by atoms with Crippen molar-refractivity contribution >= 4 is 17.8 Å². The lowest BCUT2D eigenvalue weighted by molar-refractivity contribution is -0.120. The minimum atomic E-state index is -0.486. The highest BCUT2D eigenvalue weighted by atomic mass is 16.5. The number of aromatic nitrogens is 2. The van der Waals surface area contributed by atoms with Gasteiger partial charge in [-0.1, -0.05) is 0 Å². The Morgan fingerprint density at radius 3 is 3.00 bits per heavy atom. The Labute approximate surface area is 111 Å². The van der Waals surface area contributed by atoms with Gasteiger partial charge in [-0.15, -0.1) is 0 Å². The predicted molar refractivity (Wildman–Crippen MR) is 67.8 cm³/mol. The van der Waals surface area contributed by atoms with Gasteiger partial charge in [0.15, 0.2) is 5.69 Å². The van der Waals surface area contributed by atoms with E-state index < -0.39 is 5.97 Å². The molecule has 1 N–H and O–H groups in total. The molecule has 19 heavy (non-hydrogen) atoms. The molecule has 0 radical (unpaired) electrons. The number of esters is 1. The van der Waals surface area contributed by atoms with Gasteiger partial charge in [-0.2, -0.15) is 0 Å². The molecule has 7 heteroatoms. The largest absolute Gasteiger partial charge is 0.458 e. The smallest absolute Gasteiger partial charge is 0.357 e. The van der Waals surface area contributed by atoms with E-state index in [0.717, 1.165) is 0 Å². The van der Waals surface area contributed by atoms with E-state index in [-0.39, 0.29) is 24.2 Å². The van der Waals surface area contributed by atoms with E-state index >= 15 is 0 Å². The van der Waals surface area contributed by atoms with Crippen molar-refractivity contribution in [2.24, 2.45) is 0 Å². The first-order valence-corrected chi connectivity index (χ1v) is 6.12. The zero-order chi connectivity index (χ0) is 13.8. The van der Waals surface area contributed by atoms with Crippen molar-refractivity contribution in [3.8, 4) is 0 Å². The third kappa shape index (κ3) is 3.40. The lowest BCUT2D eigenvalue weighted by Crippen LogP contribution is -2.48. The van der Waals surface area contributed by atoms with Crippen LogP contribution >= 0.6 is 0 Å². The fourth-order valence-corrected chi connectivity index (χ4v) is 1.70. The van der Waals surface area contributed by atoms with Gasteiger partial charge in [0.1, 0.15) is 0 Å². The minimum Gasteiger partial charge on any atom is -0.458 e. The van der Waals surface area contributed by atoms with Crippen LogP contribution in [-0.2, 0) is 9.53 Å². The van der Waals surface area contributed by atoms with E-state index in [4.69, 9.17) is 4.74 Å². The quantitative estimate of drug-likeness (QED) is 0.772. The highest BCUT2D eigenvalue weighted by Crippen LogP contribution is 2.10. The van der Waals surface area contributed by atoms with Crippen molar-refractivity contribution in [2.75, 3.05) is 24.5 Å². The molecule has 0 spiro atoms. The molecular weight excluding hydrogens is 248 g/mol. The number of rotatable bonds is 3. The van der Waals surface area contributed by atoms with Gasteiger partial charge in [-0.3, -0.25) is 4.79 Å². The van der Waals surface area contributed by atoms with E-state index in [1.54, 1.807) is 18.7 Å². The van der Waals surface area contributed by atoms with Crippen LogP contribution in [-0.4, -0.2) is 47.6 Å². The van der Waals surface area contributed by atoms with Crippen molar-refractivity contribution in [1.29, 1.82) is 0 Å². The number of nitrogens with one attached hydrogen (secondary N) is 1. The highest BCUT2D eigenvalue weighted by Gasteiger charge is 2.20. The van der Waals surface area contributed by atoms with Crippen LogP contribution in [0.5, 0.6) is 0 Å². The third-order valence-corrected chi connectivity index (χ3v) is 2.52. The Balaban J connectivity index is 2.14. The molecule has 1 saturated heterocycles. The molecule has 102 valence electrons. The van der Waals surface area contributed by atoms with Gasteiger partial charge in [0, 0.05) is 19.3 Å². The van der Waals surface area contributed by atoms with Crippen molar-refractivity contribution in [3.05, 3.63) is 18.0 Å². The zero-order valence-corrected chi connectivity index (χ0v) is 10.9. The molecule has 0 bridgehead atoms. The first kappa shape index (κ1) is 13.3. The van der Waals surface area contributed by atoms with Crippen LogP contribution in [0.1, 0.15) is 24.3 Å². The molecule has 1 amide bonds. The standard InChI is InChI=1S/C12H16N4O3/c1-8(2)19-11(18)9-3-4-14-12(15-9)16-6-5-13-10(17)7-16/h3-4,8H,5-7H2,1-2H3,(H,13,17). The second-order valence-corrected chi connectivity index (χ2v) is 4.47. The number of ether oxygens (including phenoxy) is 1. The van der Waals surface area contributed by atoms with E-state index in [0.29, 0.717) is 19.0 Å². The number of carbonyl (C=O) groups is 2. The van der Waals surface area contributed by atoms with Crippen molar-refractivity contribution in [2.45, 2.75) is 20.0 Å². The Hall–Kier alpha value is -2.18. The molecule has 0 atom stereocenters. The number of carbonyl (C=O) groups excluding carboxylic acids is 2. The second-order valence-electron chi connectivity index (χ2n) is 4.47. The van der Waals surface area contributed by atoms with Crippen LogP contribution in [0.2, 0.25) is 0 Å². The molecule has 1 aliphatic rings. The van der Waals surface area contributed by atoms with Gasteiger partial charge in [-0.25, -0.2) is 14.8 Å². The van der Waals surface area contributed by atoms with E-state index in [2.05, 4.69) is 15.3 Å². The molecule has 2 heterocycles. The van der Waals surface area contributed by atoms with Gasteiger partial charge >= 0.3 is 5.97 Å². The fourth-order valence-electron chi connectivity index (χ4n) is 1.70. The molecule has 0 unspecified atom stereocenters. The maximum absolute atomic E-state index is 11.7. The van der Waals surface area contributed by atoms with Gasteiger partial charge in [-0.05, 0) is 19.9 Å². The lowest BCUT2D eigenvalue weighted by atomic mass is 10.3. The van der Waals surface area contributed by atoms with Crippen LogP contribution in [0.3, 0.4) is 0 Å². The SMILES string of the molecule is CC(C)OC(=O)c1ccnc(N2CCNC(=O)C2)n1. The summed E-state index contributed by atoms with van der Waals surface area (Å²) in [5, 5.41) is 2.72. The summed E-state index contributed by atoms with van der Waals surface area (Å²) < 4.78 is 5.07. The summed E-state index contributed by atoms with van der Waals surface area (Å²) >= 11 is 0. The zero-order valence-electron chi connectivity index (χ0n) is 10.9. The Bertz CT molecular complexity index is 490. The third-order valence-electron chi connectivity index (χ3n) is 2.52. The summed E-state index contributed by atoms with van der Waals surface area (Å²) in [5.41, 5.74) is 0.199. The first-order chi connectivity index (χ1) is 9.06. The molecule has 1 aromatic rings. The molecule has 0 aromatic carbocycles. The summed E-state index contributed by atoms with van der Waals surface area (Å²) in [4.78, 5) is 33.0. The monoisotopic (exact) mass is 264 g/mol. The number of hydrogen-bond donors (Lipinski definition) is 1. The van der Waals surface area contributed by atoms with Crippen molar-refractivity contribution in [1.82, 2.24) is 15.3 Å². The summed E-state index contributed by atoms with van der Waals surface area (Å²) in [6.45, 7) is 4.91. The lowest BCUT2D eigenvalue weighted by Gasteiger charge is -2.26. The average Bonchev–Trinajstić information content (AvgIpc) is 2.38. The molecule has 1 aromatic heterocycles. The predicted octanol–water partition coefficient (Wildman–Crippen LogP) is -0.0220. The van der Waals surface area contributed by atoms with Gasteiger partial charge in [0.2, 0.25) is 11.9 Å². The topological polar surface area (TPSA) is 84.4 Å². The van der Waals surface area contributed by atoms with E-state index in [9.17, 15) is 9.59 Å². The molecule has 1 fully saturated rings. The molecule has 7 nitrogen and oxygen atoms in total. The van der Waals surface area contributed by atoms with Crippen molar-refractivity contribution < 1.29 is 14.3 Å². The number of hydrogen-bond acceptors (Lipinski definition) is 6. The maximum Gasteiger partial charge on any atom is 0.357 e. The Morgan fingerprint density at radius 1 is 1.53 bits per heavy atom. The Kier molecular flexibility index (Phi) is 3.94. The van der Waals surface area contributed by atoms with E-state index in [1.165, 1.54) is 12.3 Å². The van der Waals surface area contributed by atoms with Crippen LogP contribution in [0.15, 0.2) is 12.3 Å². The molecule has 0 saturated carbocycles. The van der Waals surface area contributed by atoms with Crippen LogP contribution in [0.25, 0.3) is 0 Å². The van der Waals surface area contributed by atoms with Gasteiger partial charge < -0.3 is 15.0 Å². The normalized spacial score (nSPS) is 15.3. The van der Waals surface area contributed by atoms with Gasteiger partial charge in [0.05, 0.1) is 12.6 Å². The molecule has 0 aliphatic carbocycles. The number of nitrogens with zero attached hydrogens (tertiary/aromatic N) is 3. The summed E-state index contributed by atoms with van der Waals surface area (Å²) in [5.74, 6) is -0.196. The molecule has 1 aliphatic heterocycles. The maximum atomic E-state index is 11.7. The summed E-state index contributed by atoms with van der Waals surface area (Å²) in [6, 6.07) is 1.50. The van der Waals surface area contributed by atoms with E-state index in [1.807, 2.05) is 0 Å².